The number of rotatable bonds is 3. The average molecular weight is 417 g/mol. The first-order chi connectivity index (χ1) is 9.25. The summed E-state index contributed by atoms with van der Waals surface area (Å²) in [7, 11) is 0. The van der Waals surface area contributed by atoms with Crippen molar-refractivity contribution < 1.29 is 0 Å². The molecule has 1 aliphatic carbocycles. The van der Waals surface area contributed by atoms with Crippen LogP contribution in [0.25, 0.3) is 0 Å². The largest absolute Gasteiger partial charge is 0.314 e. The van der Waals surface area contributed by atoms with Crippen molar-refractivity contribution in [2.24, 2.45) is 5.92 Å². The molecule has 1 heterocycles. The molecule has 2 nitrogen and oxygen atoms in total. The topological polar surface area (TPSA) is 15.3 Å². The summed E-state index contributed by atoms with van der Waals surface area (Å²) < 4.78 is 1.20. The van der Waals surface area contributed by atoms with E-state index >= 15 is 0 Å². The molecule has 0 amide bonds. The zero-order chi connectivity index (χ0) is 13.2. The Morgan fingerprint density at radius 1 is 1.19 bits per heavy atom. The Morgan fingerprint density at radius 3 is 2.43 bits per heavy atom. The van der Waals surface area contributed by atoms with Crippen molar-refractivity contribution >= 4 is 52.3 Å². The lowest BCUT2D eigenvalue weighted by Crippen LogP contribution is -2.47. The maximum atomic E-state index is 6.21. The van der Waals surface area contributed by atoms with Gasteiger partial charge in [-0.15, -0.1) is 24.8 Å². The van der Waals surface area contributed by atoms with Crippen LogP contribution in [0, 0.1) is 5.92 Å². The fourth-order valence-electron chi connectivity index (χ4n) is 3.21. The Kier molecular flexibility index (Phi) is 8.33. The fourth-order valence-corrected chi connectivity index (χ4v) is 3.87. The van der Waals surface area contributed by atoms with Crippen LogP contribution in [0.2, 0.25) is 5.02 Å². The normalized spacial score (nSPS) is 20.9. The molecule has 1 saturated heterocycles. The molecule has 1 aromatic carbocycles. The van der Waals surface area contributed by atoms with Gasteiger partial charge in [-0.3, -0.25) is 4.90 Å². The summed E-state index contributed by atoms with van der Waals surface area (Å²) >= 11 is 9.93. The molecule has 0 aromatic heterocycles. The van der Waals surface area contributed by atoms with E-state index in [0.29, 0.717) is 6.04 Å². The van der Waals surface area contributed by atoms with E-state index in [0.717, 1.165) is 37.1 Å². The first-order valence-corrected chi connectivity index (χ1v) is 8.32. The molecule has 1 saturated carbocycles. The first-order valence-electron chi connectivity index (χ1n) is 7.15. The highest BCUT2D eigenvalue weighted by Crippen LogP contribution is 2.44. The molecule has 0 radical (unpaired) electrons. The molecule has 1 N–H and O–H groups in total. The summed E-state index contributed by atoms with van der Waals surface area (Å²) in [4.78, 5) is 2.64. The highest BCUT2D eigenvalue weighted by atomic mass is 79.9. The Labute approximate surface area is 152 Å². The van der Waals surface area contributed by atoms with Crippen molar-refractivity contribution in [1.29, 1.82) is 0 Å². The molecule has 1 atom stereocenters. The van der Waals surface area contributed by atoms with Crippen molar-refractivity contribution in [3.05, 3.63) is 33.3 Å². The minimum absolute atomic E-state index is 0. The Balaban J connectivity index is 0.00000110. The van der Waals surface area contributed by atoms with E-state index in [2.05, 4.69) is 38.3 Å². The molecule has 6 heteroatoms. The van der Waals surface area contributed by atoms with E-state index in [4.69, 9.17) is 11.6 Å². The number of hydrogen-bond acceptors (Lipinski definition) is 2. The van der Waals surface area contributed by atoms with Gasteiger partial charge in [0.2, 0.25) is 0 Å². The zero-order valence-electron chi connectivity index (χ0n) is 11.9. The average Bonchev–Trinajstić information content (AvgIpc) is 2.38. The van der Waals surface area contributed by atoms with Crippen LogP contribution >= 0.6 is 52.3 Å². The maximum absolute atomic E-state index is 6.21. The molecule has 2 aliphatic rings. The van der Waals surface area contributed by atoms with Crippen LogP contribution in [-0.2, 0) is 0 Å². The first kappa shape index (κ1) is 19.5. The minimum Gasteiger partial charge on any atom is -0.314 e. The van der Waals surface area contributed by atoms with Gasteiger partial charge in [0.1, 0.15) is 0 Å². The third kappa shape index (κ3) is 4.49. The summed E-state index contributed by atoms with van der Waals surface area (Å²) in [6.45, 7) is 4.48. The van der Waals surface area contributed by atoms with E-state index in [1.807, 2.05) is 6.07 Å². The molecule has 21 heavy (non-hydrogen) atoms. The van der Waals surface area contributed by atoms with Crippen molar-refractivity contribution in [2.75, 3.05) is 26.2 Å². The van der Waals surface area contributed by atoms with Gasteiger partial charge in [-0.05, 0) is 42.5 Å². The molecule has 2 fully saturated rings. The number of nitrogens with zero attached hydrogens (tertiary/aromatic N) is 1. The Morgan fingerprint density at radius 2 is 1.86 bits per heavy atom. The van der Waals surface area contributed by atoms with E-state index in [9.17, 15) is 0 Å². The summed E-state index contributed by atoms with van der Waals surface area (Å²) in [6.07, 6.45) is 4.09. The van der Waals surface area contributed by atoms with Gasteiger partial charge in [0.15, 0.2) is 0 Å². The molecule has 3 rings (SSSR count). The zero-order valence-corrected chi connectivity index (χ0v) is 15.8. The number of halogens is 4. The van der Waals surface area contributed by atoms with Crippen molar-refractivity contribution in [3.63, 3.8) is 0 Å². The second-order valence-corrected chi connectivity index (χ2v) is 6.88. The van der Waals surface area contributed by atoms with E-state index in [-0.39, 0.29) is 24.8 Å². The fraction of sp³-hybridized carbons (Fsp3) is 0.600. The highest BCUT2D eigenvalue weighted by molar-refractivity contribution is 9.10. The van der Waals surface area contributed by atoms with Crippen LogP contribution in [0.15, 0.2) is 22.7 Å². The smallest absolute Gasteiger partial charge is 0.0410 e. The van der Waals surface area contributed by atoms with Crippen molar-refractivity contribution in [1.82, 2.24) is 10.2 Å². The van der Waals surface area contributed by atoms with E-state index in [1.165, 1.54) is 29.3 Å². The summed E-state index contributed by atoms with van der Waals surface area (Å²) in [5.41, 5.74) is 1.37. The number of benzene rings is 1. The molecule has 1 aromatic rings. The highest BCUT2D eigenvalue weighted by Gasteiger charge is 2.34. The number of nitrogens with one attached hydrogen (secondary N) is 1. The second kappa shape index (κ2) is 8.95. The van der Waals surface area contributed by atoms with Crippen molar-refractivity contribution in [3.8, 4) is 0 Å². The molecular formula is C15H22BrCl3N2. The van der Waals surface area contributed by atoms with Crippen LogP contribution in [-0.4, -0.2) is 31.1 Å². The lowest BCUT2D eigenvalue weighted by Gasteiger charge is -2.43. The summed E-state index contributed by atoms with van der Waals surface area (Å²) in [6, 6.07) is 6.73. The quantitative estimate of drug-likeness (QED) is 0.769. The lowest BCUT2D eigenvalue weighted by atomic mass is 9.76. The van der Waals surface area contributed by atoms with Gasteiger partial charge in [-0.1, -0.05) is 34.0 Å². The van der Waals surface area contributed by atoms with Gasteiger partial charge in [0, 0.05) is 41.7 Å². The number of piperazine rings is 1. The Bertz CT molecular complexity index is 449. The molecule has 0 unspecified atom stereocenters. The minimum atomic E-state index is 0. The number of hydrogen-bond donors (Lipinski definition) is 1. The van der Waals surface area contributed by atoms with Gasteiger partial charge in [0.05, 0.1) is 0 Å². The van der Waals surface area contributed by atoms with Gasteiger partial charge in [-0.2, -0.15) is 0 Å². The van der Waals surface area contributed by atoms with Crippen LogP contribution in [0.4, 0.5) is 0 Å². The maximum Gasteiger partial charge on any atom is 0.0410 e. The molecular weight excluding hydrogens is 394 g/mol. The summed E-state index contributed by atoms with van der Waals surface area (Å²) in [5, 5.41) is 4.29. The van der Waals surface area contributed by atoms with Gasteiger partial charge < -0.3 is 5.32 Å². The molecule has 1 aliphatic heterocycles. The third-order valence-electron chi connectivity index (χ3n) is 4.42. The SMILES string of the molecule is Cl.Cl.Clc1ccc(Br)c([C@H](C2CCC2)N2CCNCC2)c1. The predicted molar refractivity (Wildman–Crippen MR) is 98.2 cm³/mol. The summed E-state index contributed by atoms with van der Waals surface area (Å²) in [5.74, 6) is 0.799. The lowest BCUT2D eigenvalue weighted by molar-refractivity contribution is 0.0832. The van der Waals surface area contributed by atoms with Crippen LogP contribution < -0.4 is 5.32 Å². The van der Waals surface area contributed by atoms with Crippen LogP contribution in [0.5, 0.6) is 0 Å². The molecule has 0 spiro atoms. The molecule has 0 bridgehead atoms. The standard InChI is InChI=1S/C15H20BrClN2.2ClH/c16-14-5-4-12(17)10-13(14)15(11-2-1-3-11)19-8-6-18-7-9-19;;/h4-5,10-11,15,18H,1-3,6-9H2;2*1H/t15-;;/m0../s1. The van der Waals surface area contributed by atoms with Gasteiger partial charge in [0.25, 0.3) is 0 Å². The van der Waals surface area contributed by atoms with Crippen molar-refractivity contribution in [2.45, 2.75) is 25.3 Å². The van der Waals surface area contributed by atoms with E-state index in [1.54, 1.807) is 0 Å². The van der Waals surface area contributed by atoms with Gasteiger partial charge in [-0.25, -0.2) is 0 Å². The predicted octanol–water partition coefficient (Wildman–Crippen LogP) is 4.69. The van der Waals surface area contributed by atoms with Crippen LogP contribution in [0.1, 0.15) is 30.9 Å². The van der Waals surface area contributed by atoms with E-state index < -0.39 is 0 Å². The molecule has 120 valence electrons. The third-order valence-corrected chi connectivity index (χ3v) is 5.38. The Hall–Kier alpha value is 0.490. The second-order valence-electron chi connectivity index (χ2n) is 5.59. The van der Waals surface area contributed by atoms with Gasteiger partial charge >= 0.3 is 0 Å². The monoisotopic (exact) mass is 414 g/mol. The van der Waals surface area contributed by atoms with Crippen LogP contribution in [0.3, 0.4) is 0 Å².